The molecule has 0 bridgehead atoms. The van der Waals surface area contributed by atoms with Gasteiger partial charge in [-0.05, 0) is 58.8 Å². The quantitative estimate of drug-likeness (QED) is 0.565. The number of hydrogen-bond donors (Lipinski definition) is 2. The zero-order valence-corrected chi connectivity index (χ0v) is 12.5. The van der Waals surface area contributed by atoms with Gasteiger partial charge in [-0.15, -0.1) is 5.10 Å². The molecule has 0 spiro atoms. The molecule has 0 radical (unpaired) electrons. The zero-order chi connectivity index (χ0) is 16.2. The maximum absolute atomic E-state index is 12.1. The van der Waals surface area contributed by atoms with Crippen LogP contribution in [0.25, 0.3) is 22.5 Å². The van der Waals surface area contributed by atoms with E-state index in [0.717, 1.165) is 11.1 Å². The van der Waals surface area contributed by atoms with Crippen molar-refractivity contribution in [3.05, 3.63) is 48.0 Å². The Hall–Kier alpha value is -3.22. The number of carbonyl (C=O) groups excluding carboxylic acids is 1. The van der Waals surface area contributed by atoms with Crippen LogP contribution >= 0.6 is 0 Å². The van der Waals surface area contributed by atoms with Gasteiger partial charge < -0.3 is 10.5 Å². The van der Waals surface area contributed by atoms with Crippen molar-refractivity contribution in [1.29, 1.82) is 0 Å². The van der Waals surface area contributed by atoms with Crippen molar-refractivity contribution in [3.8, 4) is 22.5 Å². The van der Waals surface area contributed by atoms with Crippen molar-refractivity contribution in [2.75, 3.05) is 12.3 Å². The molecule has 0 atom stereocenters. The number of anilines is 1. The second-order valence-electron chi connectivity index (χ2n) is 4.89. The number of benzene rings is 2. The highest BCUT2D eigenvalue weighted by Crippen LogP contribution is 2.27. The van der Waals surface area contributed by atoms with E-state index in [1.165, 1.54) is 0 Å². The Bertz CT molecular complexity index is 830. The van der Waals surface area contributed by atoms with Crippen LogP contribution in [0.15, 0.2) is 42.5 Å². The first-order chi connectivity index (χ1) is 11.2. The van der Waals surface area contributed by atoms with Gasteiger partial charge in [0.2, 0.25) is 0 Å². The van der Waals surface area contributed by atoms with Gasteiger partial charge in [0, 0.05) is 11.3 Å². The van der Waals surface area contributed by atoms with Crippen LogP contribution in [0.4, 0.5) is 5.69 Å². The van der Waals surface area contributed by atoms with Crippen LogP contribution in [0, 0.1) is 0 Å². The number of rotatable bonds is 4. The minimum absolute atomic E-state index is 0.306. The molecule has 0 saturated heterocycles. The van der Waals surface area contributed by atoms with Crippen LogP contribution in [0.3, 0.4) is 0 Å². The number of esters is 1. The van der Waals surface area contributed by atoms with Gasteiger partial charge in [-0.25, -0.2) is 9.89 Å². The molecule has 7 nitrogen and oxygen atoms in total. The molecule has 3 N–H and O–H groups in total. The maximum atomic E-state index is 12.1. The Morgan fingerprint density at radius 1 is 1.17 bits per heavy atom. The summed E-state index contributed by atoms with van der Waals surface area (Å²) in [5.41, 5.74) is 9.33. The van der Waals surface area contributed by atoms with Crippen molar-refractivity contribution in [2.24, 2.45) is 0 Å². The lowest BCUT2D eigenvalue weighted by atomic mass is 9.99. The van der Waals surface area contributed by atoms with Gasteiger partial charge in [0.25, 0.3) is 0 Å². The average molecular weight is 309 g/mol. The molecule has 1 aromatic heterocycles. The summed E-state index contributed by atoms with van der Waals surface area (Å²) in [5.74, 6) is 0.0771. The van der Waals surface area contributed by atoms with Crippen LogP contribution in [-0.4, -0.2) is 33.2 Å². The van der Waals surface area contributed by atoms with E-state index in [1.54, 1.807) is 25.1 Å². The molecule has 0 aliphatic heterocycles. The Labute approximate surface area is 132 Å². The monoisotopic (exact) mass is 309 g/mol. The topological polar surface area (TPSA) is 107 Å². The second-order valence-corrected chi connectivity index (χ2v) is 4.89. The molecule has 3 aromatic rings. The van der Waals surface area contributed by atoms with Crippen LogP contribution in [-0.2, 0) is 4.74 Å². The van der Waals surface area contributed by atoms with Gasteiger partial charge in [0.05, 0.1) is 12.2 Å². The van der Waals surface area contributed by atoms with E-state index >= 15 is 0 Å². The molecule has 0 fully saturated rings. The molecule has 0 saturated carbocycles. The minimum Gasteiger partial charge on any atom is -0.462 e. The standard InChI is InChI=1S/C16H15N5O2/c1-2-23-16(22)13-7-11(10-4-3-5-14(17)9-10)6-12(8-13)15-18-20-21-19-15/h3-9H,2,17H2,1H3,(H,18,19,20,21). The fraction of sp³-hybridized carbons (Fsp3) is 0.125. The number of hydrogen-bond acceptors (Lipinski definition) is 6. The highest BCUT2D eigenvalue weighted by Gasteiger charge is 2.13. The molecule has 1 heterocycles. The summed E-state index contributed by atoms with van der Waals surface area (Å²) >= 11 is 0. The van der Waals surface area contributed by atoms with Crippen LogP contribution in [0.1, 0.15) is 17.3 Å². The smallest absolute Gasteiger partial charge is 0.338 e. The highest BCUT2D eigenvalue weighted by atomic mass is 16.5. The summed E-state index contributed by atoms with van der Waals surface area (Å²) in [7, 11) is 0. The molecule has 0 aliphatic rings. The largest absolute Gasteiger partial charge is 0.462 e. The third-order valence-electron chi connectivity index (χ3n) is 3.28. The van der Waals surface area contributed by atoms with Crippen LogP contribution in [0.2, 0.25) is 0 Å². The van der Waals surface area contributed by atoms with E-state index in [0.29, 0.717) is 29.2 Å². The van der Waals surface area contributed by atoms with E-state index in [9.17, 15) is 4.79 Å². The van der Waals surface area contributed by atoms with Crippen LogP contribution in [0.5, 0.6) is 0 Å². The summed E-state index contributed by atoms with van der Waals surface area (Å²) < 4.78 is 5.09. The Morgan fingerprint density at radius 2 is 2.00 bits per heavy atom. The summed E-state index contributed by atoms with van der Waals surface area (Å²) in [6.07, 6.45) is 0. The number of ether oxygens (including phenoxy) is 1. The SMILES string of the molecule is CCOC(=O)c1cc(-c2cccc(N)c2)cc(-c2nnn[nH]2)c1. The normalized spacial score (nSPS) is 10.5. The molecule has 0 unspecified atom stereocenters. The number of nitrogens with one attached hydrogen (secondary N) is 1. The molecule has 0 amide bonds. The van der Waals surface area contributed by atoms with E-state index < -0.39 is 5.97 Å². The Morgan fingerprint density at radius 3 is 2.70 bits per heavy atom. The van der Waals surface area contributed by atoms with Crippen molar-refractivity contribution < 1.29 is 9.53 Å². The van der Waals surface area contributed by atoms with E-state index in [-0.39, 0.29) is 0 Å². The number of aromatic amines is 1. The highest BCUT2D eigenvalue weighted by molar-refractivity contribution is 5.93. The molecule has 0 aliphatic carbocycles. The molecular formula is C16H15N5O2. The van der Waals surface area contributed by atoms with Gasteiger partial charge in [-0.3, -0.25) is 0 Å². The summed E-state index contributed by atoms with van der Waals surface area (Å²) in [6, 6.07) is 12.8. The van der Waals surface area contributed by atoms with E-state index in [2.05, 4.69) is 20.6 Å². The number of carbonyl (C=O) groups is 1. The molecular weight excluding hydrogens is 294 g/mol. The third kappa shape index (κ3) is 3.18. The summed E-state index contributed by atoms with van der Waals surface area (Å²) in [6.45, 7) is 2.07. The lowest BCUT2D eigenvalue weighted by molar-refractivity contribution is 0.0526. The molecule has 116 valence electrons. The number of nitrogens with zero attached hydrogens (tertiary/aromatic N) is 3. The second kappa shape index (κ2) is 6.27. The number of nitrogens with two attached hydrogens (primary N) is 1. The first kappa shape index (κ1) is 14.7. The first-order valence-corrected chi connectivity index (χ1v) is 7.09. The average Bonchev–Trinajstić information content (AvgIpc) is 3.09. The Kier molecular flexibility index (Phi) is 4.01. The number of tetrazole rings is 1. The zero-order valence-electron chi connectivity index (χ0n) is 12.5. The lowest BCUT2D eigenvalue weighted by Crippen LogP contribution is -2.05. The minimum atomic E-state index is -0.396. The van der Waals surface area contributed by atoms with Crippen molar-refractivity contribution in [1.82, 2.24) is 20.6 Å². The summed E-state index contributed by atoms with van der Waals surface area (Å²) in [5, 5.41) is 13.7. The fourth-order valence-electron chi connectivity index (χ4n) is 2.26. The van der Waals surface area contributed by atoms with Gasteiger partial charge in [-0.2, -0.15) is 0 Å². The summed E-state index contributed by atoms with van der Waals surface area (Å²) in [4.78, 5) is 12.1. The van der Waals surface area contributed by atoms with Crippen LogP contribution < -0.4 is 5.73 Å². The molecule has 2 aromatic carbocycles. The van der Waals surface area contributed by atoms with Crippen molar-refractivity contribution in [2.45, 2.75) is 6.92 Å². The third-order valence-corrected chi connectivity index (χ3v) is 3.28. The van der Waals surface area contributed by atoms with Crippen molar-refractivity contribution >= 4 is 11.7 Å². The lowest BCUT2D eigenvalue weighted by Gasteiger charge is -2.09. The van der Waals surface area contributed by atoms with Gasteiger partial charge in [0.15, 0.2) is 5.82 Å². The van der Waals surface area contributed by atoms with Gasteiger partial charge >= 0.3 is 5.97 Å². The van der Waals surface area contributed by atoms with E-state index in [1.807, 2.05) is 24.3 Å². The van der Waals surface area contributed by atoms with E-state index in [4.69, 9.17) is 10.5 Å². The fourth-order valence-corrected chi connectivity index (χ4v) is 2.26. The first-order valence-electron chi connectivity index (χ1n) is 7.09. The number of H-pyrrole nitrogens is 1. The maximum Gasteiger partial charge on any atom is 0.338 e. The molecule has 23 heavy (non-hydrogen) atoms. The Balaban J connectivity index is 2.13. The molecule has 7 heteroatoms. The van der Waals surface area contributed by atoms with Crippen molar-refractivity contribution in [3.63, 3.8) is 0 Å². The molecule has 3 rings (SSSR count). The van der Waals surface area contributed by atoms with Gasteiger partial charge in [-0.1, -0.05) is 12.1 Å². The number of aromatic nitrogens is 4. The number of nitrogen functional groups attached to an aromatic ring is 1. The predicted octanol–water partition coefficient (Wildman–Crippen LogP) is 2.29. The van der Waals surface area contributed by atoms with Gasteiger partial charge in [0.1, 0.15) is 0 Å². The predicted molar refractivity (Wildman–Crippen MR) is 85.4 cm³/mol.